The van der Waals surface area contributed by atoms with Crippen LogP contribution in [0.25, 0.3) is 10.9 Å². The SMILES string of the molecule is CCCOc1ccc(C(=O)CCC(=O)O[C@@H](C)C(=O)c2c(C)[nH]c3ccccc23)cc1. The van der Waals surface area contributed by atoms with E-state index in [1.54, 1.807) is 31.2 Å². The Bertz CT molecular complexity index is 1080. The van der Waals surface area contributed by atoms with Gasteiger partial charge in [0.1, 0.15) is 5.75 Å². The van der Waals surface area contributed by atoms with Gasteiger partial charge in [-0.2, -0.15) is 0 Å². The lowest BCUT2D eigenvalue weighted by molar-refractivity contribution is -0.146. The average Bonchev–Trinajstić information content (AvgIpc) is 3.11. The number of hydrogen-bond acceptors (Lipinski definition) is 5. The monoisotopic (exact) mass is 421 g/mol. The summed E-state index contributed by atoms with van der Waals surface area (Å²) in [6, 6.07) is 14.4. The predicted molar refractivity (Wildman–Crippen MR) is 119 cm³/mol. The third kappa shape index (κ3) is 5.40. The highest BCUT2D eigenvalue weighted by Crippen LogP contribution is 2.24. The summed E-state index contributed by atoms with van der Waals surface area (Å²) in [4.78, 5) is 40.6. The Morgan fingerprint density at radius 1 is 1.00 bits per heavy atom. The minimum absolute atomic E-state index is 0.0149. The fourth-order valence-electron chi connectivity index (χ4n) is 3.42. The molecule has 1 N–H and O–H groups in total. The van der Waals surface area contributed by atoms with Gasteiger partial charge >= 0.3 is 5.97 Å². The maximum Gasteiger partial charge on any atom is 0.306 e. The molecule has 1 aromatic heterocycles. The summed E-state index contributed by atoms with van der Waals surface area (Å²) in [6.45, 7) is 6.01. The van der Waals surface area contributed by atoms with E-state index < -0.39 is 12.1 Å². The number of aryl methyl sites for hydroxylation is 1. The zero-order chi connectivity index (χ0) is 22.4. The van der Waals surface area contributed by atoms with Crippen LogP contribution in [0, 0.1) is 6.92 Å². The van der Waals surface area contributed by atoms with Crippen LogP contribution in [-0.4, -0.2) is 35.2 Å². The fourth-order valence-corrected chi connectivity index (χ4v) is 3.42. The number of carbonyl (C=O) groups is 3. The molecule has 0 saturated carbocycles. The number of para-hydroxylation sites is 1. The van der Waals surface area contributed by atoms with Crippen molar-refractivity contribution in [1.29, 1.82) is 0 Å². The number of rotatable bonds is 10. The van der Waals surface area contributed by atoms with Crippen molar-refractivity contribution < 1.29 is 23.9 Å². The first kappa shape index (κ1) is 22.3. The molecule has 0 bridgehead atoms. The topological polar surface area (TPSA) is 85.5 Å². The number of ether oxygens (including phenoxy) is 2. The molecule has 162 valence electrons. The Morgan fingerprint density at radius 3 is 2.42 bits per heavy atom. The minimum atomic E-state index is -0.935. The van der Waals surface area contributed by atoms with Gasteiger partial charge in [0.15, 0.2) is 11.9 Å². The summed E-state index contributed by atoms with van der Waals surface area (Å²) in [6.07, 6.45) is -0.0994. The van der Waals surface area contributed by atoms with Crippen molar-refractivity contribution in [2.45, 2.75) is 46.1 Å². The summed E-state index contributed by atoms with van der Waals surface area (Å²) in [5, 5.41) is 0.800. The normalized spacial score (nSPS) is 11.8. The van der Waals surface area contributed by atoms with Gasteiger partial charge in [-0.3, -0.25) is 14.4 Å². The van der Waals surface area contributed by atoms with Crippen molar-refractivity contribution in [3.05, 3.63) is 65.4 Å². The molecule has 1 heterocycles. The van der Waals surface area contributed by atoms with E-state index in [2.05, 4.69) is 4.98 Å². The van der Waals surface area contributed by atoms with E-state index in [0.29, 0.717) is 23.5 Å². The van der Waals surface area contributed by atoms with Crippen molar-refractivity contribution in [3.63, 3.8) is 0 Å². The lowest BCUT2D eigenvalue weighted by atomic mass is 10.0. The molecule has 0 spiro atoms. The maximum absolute atomic E-state index is 12.9. The van der Waals surface area contributed by atoms with E-state index >= 15 is 0 Å². The second kappa shape index (κ2) is 10.1. The Morgan fingerprint density at radius 2 is 1.71 bits per heavy atom. The molecule has 0 radical (unpaired) electrons. The summed E-state index contributed by atoms with van der Waals surface area (Å²) < 4.78 is 10.8. The first-order chi connectivity index (χ1) is 14.9. The van der Waals surface area contributed by atoms with Gasteiger partial charge in [-0.1, -0.05) is 25.1 Å². The number of hydrogen-bond donors (Lipinski definition) is 1. The Hall–Kier alpha value is -3.41. The van der Waals surface area contributed by atoms with E-state index in [4.69, 9.17) is 9.47 Å². The number of ketones is 2. The quantitative estimate of drug-likeness (QED) is 0.366. The molecule has 0 aliphatic carbocycles. The number of aromatic amines is 1. The van der Waals surface area contributed by atoms with Gasteiger partial charge in [-0.25, -0.2) is 0 Å². The Balaban J connectivity index is 1.54. The lowest BCUT2D eigenvalue weighted by Crippen LogP contribution is -2.25. The molecule has 2 aromatic carbocycles. The van der Waals surface area contributed by atoms with Crippen molar-refractivity contribution in [1.82, 2.24) is 4.98 Å². The molecule has 0 aliphatic heterocycles. The molecule has 3 rings (SSSR count). The predicted octanol–water partition coefficient (Wildman–Crippen LogP) is 5.04. The van der Waals surface area contributed by atoms with Gasteiger partial charge < -0.3 is 14.5 Å². The fraction of sp³-hybridized carbons (Fsp3) is 0.320. The van der Waals surface area contributed by atoms with Gasteiger partial charge in [-0.05, 0) is 50.6 Å². The van der Waals surface area contributed by atoms with Gasteiger partial charge in [0.25, 0.3) is 0 Å². The highest BCUT2D eigenvalue weighted by atomic mass is 16.5. The lowest BCUT2D eigenvalue weighted by Gasteiger charge is -2.12. The van der Waals surface area contributed by atoms with E-state index in [1.807, 2.05) is 38.1 Å². The molecule has 0 fully saturated rings. The Kier molecular flexibility index (Phi) is 7.23. The van der Waals surface area contributed by atoms with Crippen molar-refractivity contribution in [2.24, 2.45) is 0 Å². The third-order valence-electron chi connectivity index (χ3n) is 5.02. The second-order valence-corrected chi connectivity index (χ2v) is 7.46. The highest BCUT2D eigenvalue weighted by Gasteiger charge is 2.24. The summed E-state index contributed by atoms with van der Waals surface area (Å²) >= 11 is 0. The number of fused-ring (bicyclic) bond motifs is 1. The first-order valence-electron chi connectivity index (χ1n) is 10.5. The molecule has 6 heteroatoms. The Labute approximate surface area is 181 Å². The van der Waals surface area contributed by atoms with E-state index in [-0.39, 0.29) is 24.4 Å². The van der Waals surface area contributed by atoms with Crippen molar-refractivity contribution >= 4 is 28.4 Å². The number of aromatic nitrogens is 1. The minimum Gasteiger partial charge on any atom is -0.494 e. The summed E-state index contributed by atoms with van der Waals surface area (Å²) in [5.74, 6) is -0.296. The highest BCUT2D eigenvalue weighted by molar-refractivity contribution is 6.11. The van der Waals surface area contributed by atoms with Crippen LogP contribution in [0.5, 0.6) is 5.75 Å². The number of H-pyrrole nitrogens is 1. The molecule has 6 nitrogen and oxygen atoms in total. The number of carbonyl (C=O) groups excluding carboxylic acids is 3. The van der Waals surface area contributed by atoms with E-state index in [1.165, 1.54) is 0 Å². The van der Waals surface area contributed by atoms with Crippen LogP contribution in [-0.2, 0) is 9.53 Å². The van der Waals surface area contributed by atoms with Crippen LogP contribution in [0.15, 0.2) is 48.5 Å². The number of esters is 1. The first-order valence-corrected chi connectivity index (χ1v) is 10.5. The zero-order valence-electron chi connectivity index (χ0n) is 18.1. The number of nitrogens with one attached hydrogen (secondary N) is 1. The molecule has 0 unspecified atom stereocenters. The van der Waals surface area contributed by atoms with E-state index in [0.717, 1.165) is 23.0 Å². The standard InChI is InChI=1S/C25H27NO5/c1-4-15-30-19-11-9-18(10-12-19)22(27)13-14-23(28)31-17(3)25(29)24-16(2)26-21-8-6-5-7-20(21)24/h5-12,17,26H,4,13-15H2,1-3H3/t17-/m0/s1. The summed E-state index contributed by atoms with van der Waals surface area (Å²) in [7, 11) is 0. The molecular weight excluding hydrogens is 394 g/mol. The molecule has 3 aromatic rings. The van der Waals surface area contributed by atoms with Crippen LogP contribution < -0.4 is 4.74 Å². The van der Waals surface area contributed by atoms with Gasteiger partial charge in [0.2, 0.25) is 5.78 Å². The van der Waals surface area contributed by atoms with Crippen LogP contribution in [0.3, 0.4) is 0 Å². The number of benzene rings is 2. The van der Waals surface area contributed by atoms with Gasteiger partial charge in [0, 0.05) is 34.1 Å². The van der Waals surface area contributed by atoms with Gasteiger partial charge in [0.05, 0.1) is 13.0 Å². The van der Waals surface area contributed by atoms with Crippen molar-refractivity contribution in [2.75, 3.05) is 6.61 Å². The van der Waals surface area contributed by atoms with Crippen LogP contribution in [0.1, 0.15) is 59.5 Å². The largest absolute Gasteiger partial charge is 0.494 e. The molecule has 0 saturated heterocycles. The molecule has 31 heavy (non-hydrogen) atoms. The summed E-state index contributed by atoms with van der Waals surface area (Å²) in [5.41, 5.74) is 2.63. The molecule has 1 atom stereocenters. The molecule has 0 aliphatic rings. The second-order valence-electron chi connectivity index (χ2n) is 7.46. The van der Waals surface area contributed by atoms with Crippen molar-refractivity contribution in [3.8, 4) is 5.75 Å². The smallest absolute Gasteiger partial charge is 0.306 e. The maximum atomic E-state index is 12.9. The molecule has 0 amide bonds. The number of Topliss-reactive ketones (excluding diaryl/α,β-unsaturated/α-hetero) is 2. The van der Waals surface area contributed by atoms with Crippen LogP contribution >= 0.6 is 0 Å². The zero-order valence-corrected chi connectivity index (χ0v) is 18.1. The molecular formula is C25H27NO5. The van der Waals surface area contributed by atoms with E-state index in [9.17, 15) is 14.4 Å². The average molecular weight is 421 g/mol. The van der Waals surface area contributed by atoms with Crippen LogP contribution in [0.2, 0.25) is 0 Å². The third-order valence-corrected chi connectivity index (χ3v) is 5.02. The van der Waals surface area contributed by atoms with Crippen LogP contribution in [0.4, 0.5) is 0 Å². The van der Waals surface area contributed by atoms with Gasteiger partial charge in [-0.15, -0.1) is 0 Å².